The summed E-state index contributed by atoms with van der Waals surface area (Å²) in [7, 11) is 0. The second kappa shape index (κ2) is 8.52. The number of hydrogen-bond acceptors (Lipinski definition) is 4. The normalized spacial score (nSPS) is 26.2. The van der Waals surface area contributed by atoms with Crippen LogP contribution in [0.3, 0.4) is 0 Å². The van der Waals surface area contributed by atoms with Crippen LogP contribution in [0.1, 0.15) is 24.8 Å². The fraction of sp³-hybridized carbons (Fsp3) is 0.714. The first kappa shape index (κ1) is 17.3. The van der Waals surface area contributed by atoms with Crippen LogP contribution < -0.4 is 4.74 Å². The van der Waals surface area contributed by atoms with Crippen LogP contribution >= 0.6 is 0 Å². The Bertz CT molecular complexity index is 536. The highest BCUT2D eigenvalue weighted by atomic mass is 16.5. The van der Waals surface area contributed by atoms with Gasteiger partial charge in [-0.3, -0.25) is 4.90 Å². The van der Waals surface area contributed by atoms with E-state index in [2.05, 4.69) is 39.0 Å². The number of fused-ring (bicyclic) bond motifs is 1. The molecule has 1 atom stereocenters. The predicted molar refractivity (Wildman–Crippen MR) is 102 cm³/mol. The molecule has 2 fully saturated rings. The van der Waals surface area contributed by atoms with E-state index >= 15 is 0 Å². The Hall–Kier alpha value is -1.10. The summed E-state index contributed by atoms with van der Waals surface area (Å²) in [6.45, 7) is 12.3. The Balaban J connectivity index is 1.20. The third kappa shape index (κ3) is 4.75. The number of likely N-dealkylation sites (tertiary alicyclic amines) is 1. The van der Waals surface area contributed by atoms with E-state index in [1.54, 1.807) is 0 Å². The number of rotatable bonds is 5. The minimum absolute atomic E-state index is 0.736. The maximum Gasteiger partial charge on any atom is 0.122 e. The lowest BCUT2D eigenvalue weighted by molar-refractivity contribution is 0.106. The van der Waals surface area contributed by atoms with Gasteiger partial charge in [0.05, 0.1) is 6.61 Å². The first-order valence-electron chi connectivity index (χ1n) is 10.2. The van der Waals surface area contributed by atoms with E-state index in [-0.39, 0.29) is 0 Å². The Morgan fingerprint density at radius 1 is 0.840 bits per heavy atom. The fourth-order valence-electron chi connectivity index (χ4n) is 4.57. The zero-order chi connectivity index (χ0) is 16.9. The molecule has 0 aliphatic carbocycles. The maximum atomic E-state index is 5.93. The average Bonchev–Trinajstić information content (AvgIpc) is 3.08. The predicted octanol–water partition coefficient (Wildman–Crippen LogP) is 2.34. The molecule has 0 saturated carbocycles. The van der Waals surface area contributed by atoms with Gasteiger partial charge in [0.25, 0.3) is 0 Å². The standard InChI is InChI=1S/C21H33N3O/c1-2-6-21-20(5-1)17-19(7-16-25-21)18-24-14-12-23(13-15-24)11-10-22-8-3-4-9-22/h1-2,5-6,19H,3-4,7-18H2/t19-/m0/s1. The van der Waals surface area contributed by atoms with Crippen LogP contribution in [0.5, 0.6) is 5.75 Å². The van der Waals surface area contributed by atoms with E-state index in [4.69, 9.17) is 4.74 Å². The van der Waals surface area contributed by atoms with Crippen molar-refractivity contribution >= 4 is 0 Å². The maximum absolute atomic E-state index is 5.93. The van der Waals surface area contributed by atoms with E-state index in [0.29, 0.717) is 0 Å². The highest BCUT2D eigenvalue weighted by Crippen LogP contribution is 2.27. The van der Waals surface area contributed by atoms with Crippen LogP contribution in [0.2, 0.25) is 0 Å². The molecule has 2 saturated heterocycles. The number of hydrogen-bond donors (Lipinski definition) is 0. The molecule has 0 amide bonds. The lowest BCUT2D eigenvalue weighted by Gasteiger charge is -2.37. The minimum atomic E-state index is 0.736. The van der Waals surface area contributed by atoms with Gasteiger partial charge in [-0.15, -0.1) is 0 Å². The summed E-state index contributed by atoms with van der Waals surface area (Å²) >= 11 is 0. The Morgan fingerprint density at radius 2 is 1.52 bits per heavy atom. The molecule has 0 N–H and O–H groups in total. The summed E-state index contributed by atoms with van der Waals surface area (Å²) < 4.78 is 5.93. The highest BCUT2D eigenvalue weighted by Gasteiger charge is 2.23. The van der Waals surface area contributed by atoms with Crippen molar-refractivity contribution in [2.45, 2.75) is 25.7 Å². The van der Waals surface area contributed by atoms with Crippen LogP contribution in [0.15, 0.2) is 24.3 Å². The van der Waals surface area contributed by atoms with Crippen molar-refractivity contribution in [1.29, 1.82) is 0 Å². The number of nitrogens with zero attached hydrogens (tertiary/aromatic N) is 3. The van der Waals surface area contributed by atoms with Gasteiger partial charge in [0.2, 0.25) is 0 Å². The molecule has 3 heterocycles. The topological polar surface area (TPSA) is 19.0 Å². The summed E-state index contributed by atoms with van der Waals surface area (Å²) in [5, 5.41) is 0. The molecule has 4 nitrogen and oxygen atoms in total. The number of para-hydroxylation sites is 1. The van der Waals surface area contributed by atoms with Crippen molar-refractivity contribution < 1.29 is 4.74 Å². The van der Waals surface area contributed by atoms with Gasteiger partial charge in [0, 0.05) is 45.8 Å². The molecule has 0 spiro atoms. The van der Waals surface area contributed by atoms with E-state index in [1.807, 2.05) is 0 Å². The van der Waals surface area contributed by atoms with E-state index in [0.717, 1.165) is 18.3 Å². The zero-order valence-electron chi connectivity index (χ0n) is 15.5. The lowest BCUT2D eigenvalue weighted by atomic mass is 9.96. The van der Waals surface area contributed by atoms with Crippen LogP contribution in [0.4, 0.5) is 0 Å². The second-order valence-corrected chi connectivity index (χ2v) is 8.01. The molecular weight excluding hydrogens is 310 g/mol. The van der Waals surface area contributed by atoms with Gasteiger partial charge < -0.3 is 14.5 Å². The molecule has 0 aromatic heterocycles. The molecule has 3 aliphatic heterocycles. The summed E-state index contributed by atoms with van der Waals surface area (Å²) in [6.07, 6.45) is 5.17. The molecule has 1 aromatic carbocycles. The monoisotopic (exact) mass is 343 g/mol. The van der Waals surface area contributed by atoms with Crippen molar-refractivity contribution in [3.8, 4) is 5.75 Å². The number of benzene rings is 1. The molecular formula is C21H33N3O. The molecule has 4 rings (SSSR count). The average molecular weight is 344 g/mol. The van der Waals surface area contributed by atoms with Crippen molar-refractivity contribution in [3.63, 3.8) is 0 Å². The summed E-state index contributed by atoms with van der Waals surface area (Å²) in [6, 6.07) is 8.59. The number of piperazine rings is 1. The van der Waals surface area contributed by atoms with Gasteiger partial charge in [-0.05, 0) is 56.3 Å². The van der Waals surface area contributed by atoms with Gasteiger partial charge in [-0.2, -0.15) is 0 Å². The molecule has 25 heavy (non-hydrogen) atoms. The third-order valence-electron chi connectivity index (χ3n) is 6.18. The Labute approximate surface area is 152 Å². The van der Waals surface area contributed by atoms with Crippen LogP contribution in [-0.2, 0) is 6.42 Å². The molecule has 0 radical (unpaired) electrons. The number of ether oxygens (including phenoxy) is 1. The largest absolute Gasteiger partial charge is 0.493 e. The van der Waals surface area contributed by atoms with E-state index < -0.39 is 0 Å². The Kier molecular flexibility index (Phi) is 5.90. The lowest BCUT2D eigenvalue weighted by Crippen LogP contribution is -2.49. The quantitative estimate of drug-likeness (QED) is 0.817. The molecule has 138 valence electrons. The van der Waals surface area contributed by atoms with Crippen LogP contribution in [0.25, 0.3) is 0 Å². The first-order valence-corrected chi connectivity index (χ1v) is 10.2. The van der Waals surface area contributed by atoms with Crippen molar-refractivity contribution in [2.75, 3.05) is 65.5 Å². The third-order valence-corrected chi connectivity index (χ3v) is 6.18. The summed E-state index contributed by atoms with van der Waals surface area (Å²) in [5.41, 5.74) is 1.40. The Morgan fingerprint density at radius 3 is 2.32 bits per heavy atom. The van der Waals surface area contributed by atoms with Gasteiger partial charge in [-0.25, -0.2) is 0 Å². The molecule has 0 unspecified atom stereocenters. The minimum Gasteiger partial charge on any atom is -0.493 e. The van der Waals surface area contributed by atoms with Crippen molar-refractivity contribution in [1.82, 2.24) is 14.7 Å². The zero-order valence-corrected chi connectivity index (χ0v) is 15.5. The molecule has 4 heteroatoms. The van der Waals surface area contributed by atoms with E-state index in [1.165, 1.54) is 90.1 Å². The van der Waals surface area contributed by atoms with Gasteiger partial charge in [-0.1, -0.05) is 18.2 Å². The summed E-state index contributed by atoms with van der Waals surface area (Å²) in [5.74, 6) is 1.84. The van der Waals surface area contributed by atoms with Crippen LogP contribution in [0, 0.1) is 5.92 Å². The smallest absolute Gasteiger partial charge is 0.122 e. The van der Waals surface area contributed by atoms with Crippen molar-refractivity contribution in [2.24, 2.45) is 5.92 Å². The fourth-order valence-corrected chi connectivity index (χ4v) is 4.57. The molecule has 0 bridgehead atoms. The summed E-state index contributed by atoms with van der Waals surface area (Å²) in [4.78, 5) is 7.99. The van der Waals surface area contributed by atoms with Gasteiger partial charge in [0.1, 0.15) is 5.75 Å². The highest BCUT2D eigenvalue weighted by molar-refractivity contribution is 5.34. The molecule has 1 aromatic rings. The SMILES string of the molecule is c1ccc2c(c1)C[C@@H](CN1CCN(CCN3CCCC3)CC1)CCO2. The van der Waals surface area contributed by atoms with Gasteiger partial charge >= 0.3 is 0 Å². The second-order valence-electron chi connectivity index (χ2n) is 8.01. The van der Waals surface area contributed by atoms with Crippen molar-refractivity contribution in [3.05, 3.63) is 29.8 Å². The van der Waals surface area contributed by atoms with Crippen LogP contribution in [-0.4, -0.2) is 80.2 Å². The first-order chi connectivity index (χ1) is 12.4. The molecule has 3 aliphatic rings. The van der Waals surface area contributed by atoms with Gasteiger partial charge in [0.15, 0.2) is 0 Å². The van der Waals surface area contributed by atoms with E-state index in [9.17, 15) is 0 Å².